The van der Waals surface area contributed by atoms with E-state index in [1.807, 2.05) is 42.8 Å². The molecule has 0 aliphatic rings. The summed E-state index contributed by atoms with van der Waals surface area (Å²) in [5.74, 6) is 0.0997. The van der Waals surface area contributed by atoms with Gasteiger partial charge in [-0.2, -0.15) is 0 Å². The Kier molecular flexibility index (Phi) is 4.14. The van der Waals surface area contributed by atoms with Crippen molar-refractivity contribution in [2.75, 3.05) is 6.61 Å². The minimum atomic E-state index is -0.395. The first-order valence-electron chi connectivity index (χ1n) is 6.92. The Morgan fingerprint density at radius 2 is 2.10 bits per heavy atom. The lowest BCUT2D eigenvalue weighted by Crippen LogP contribution is -2.13. The maximum atomic E-state index is 11.5. The van der Waals surface area contributed by atoms with Gasteiger partial charge in [-0.05, 0) is 37.5 Å². The van der Waals surface area contributed by atoms with Crippen LogP contribution in [0, 0.1) is 12.8 Å². The minimum Gasteiger partial charge on any atom is -0.373 e. The maximum Gasteiger partial charge on any atom is 0.249 e. The molecule has 2 N–H and O–H groups in total. The number of primary amides is 1. The zero-order valence-electron chi connectivity index (χ0n) is 12.5. The van der Waals surface area contributed by atoms with E-state index in [4.69, 9.17) is 10.5 Å². The van der Waals surface area contributed by atoms with Gasteiger partial charge in [0, 0.05) is 30.1 Å². The van der Waals surface area contributed by atoms with Gasteiger partial charge in [-0.15, -0.1) is 0 Å². The number of nitrogens with two attached hydrogens (primary N) is 1. The van der Waals surface area contributed by atoms with E-state index in [1.165, 1.54) is 0 Å². The van der Waals surface area contributed by atoms with E-state index < -0.39 is 5.91 Å². The summed E-state index contributed by atoms with van der Waals surface area (Å²) in [5, 5.41) is 0. The van der Waals surface area contributed by atoms with Crippen LogP contribution in [-0.4, -0.2) is 16.9 Å². The average molecular weight is 274 g/mol. The highest BCUT2D eigenvalue weighted by atomic mass is 16.5. The first-order valence-corrected chi connectivity index (χ1v) is 6.92. The Labute approximate surface area is 119 Å². The fraction of sp³-hybridized carbons (Fsp3) is 0.438. The summed E-state index contributed by atoms with van der Waals surface area (Å²) in [6.07, 6.45) is 3.90. The Morgan fingerprint density at radius 3 is 2.70 bits per heavy atom. The van der Waals surface area contributed by atoms with Crippen LogP contribution in [-0.2, 0) is 4.74 Å². The highest BCUT2D eigenvalue weighted by molar-refractivity contribution is 5.95. The van der Waals surface area contributed by atoms with Crippen molar-refractivity contribution in [3.8, 4) is 0 Å². The van der Waals surface area contributed by atoms with Gasteiger partial charge in [0.05, 0.1) is 11.6 Å². The van der Waals surface area contributed by atoms with Gasteiger partial charge in [0.25, 0.3) is 0 Å². The average Bonchev–Trinajstić information content (AvgIpc) is 2.77. The quantitative estimate of drug-likeness (QED) is 0.911. The molecule has 0 bridgehead atoms. The van der Waals surface area contributed by atoms with Crippen LogP contribution in [0.3, 0.4) is 0 Å². The van der Waals surface area contributed by atoms with Crippen molar-refractivity contribution in [1.29, 1.82) is 0 Å². The second kappa shape index (κ2) is 5.67. The predicted octanol–water partition coefficient (Wildman–Crippen LogP) is 3.08. The van der Waals surface area contributed by atoms with Crippen molar-refractivity contribution >= 4 is 11.4 Å². The lowest BCUT2D eigenvalue weighted by Gasteiger charge is -2.15. The third-order valence-electron chi connectivity index (χ3n) is 3.41. The van der Waals surface area contributed by atoms with Crippen molar-refractivity contribution in [2.24, 2.45) is 11.7 Å². The molecule has 0 aliphatic carbocycles. The highest BCUT2D eigenvalue weighted by Gasteiger charge is 2.14. The number of hydrogen-bond donors (Lipinski definition) is 1. The molecule has 2 aromatic heterocycles. The predicted molar refractivity (Wildman–Crippen MR) is 79.9 cm³/mol. The van der Waals surface area contributed by atoms with Gasteiger partial charge in [-0.25, -0.2) is 0 Å². The molecule has 2 aromatic rings. The fourth-order valence-electron chi connectivity index (χ4n) is 2.31. The maximum absolute atomic E-state index is 11.5. The standard InChI is InChI=1S/C16H22N2O2/c1-10(2)9-20-12(4)13-5-6-18-8-11(3)14(16(17)19)7-15(13)18/h5-8,10,12H,9H2,1-4H3,(H2,17,19). The lowest BCUT2D eigenvalue weighted by molar-refractivity contribution is 0.0479. The number of amides is 1. The van der Waals surface area contributed by atoms with Crippen LogP contribution >= 0.6 is 0 Å². The van der Waals surface area contributed by atoms with Gasteiger partial charge in [0.2, 0.25) is 5.91 Å². The van der Waals surface area contributed by atoms with E-state index in [2.05, 4.69) is 13.8 Å². The molecule has 0 saturated heterocycles. The number of carbonyl (C=O) groups excluding carboxylic acids is 1. The highest BCUT2D eigenvalue weighted by Crippen LogP contribution is 2.25. The Morgan fingerprint density at radius 1 is 1.40 bits per heavy atom. The number of aryl methyl sites for hydroxylation is 1. The lowest BCUT2D eigenvalue weighted by atomic mass is 10.1. The summed E-state index contributed by atoms with van der Waals surface area (Å²) in [5.41, 5.74) is 8.91. The van der Waals surface area contributed by atoms with Crippen molar-refractivity contribution in [2.45, 2.75) is 33.8 Å². The van der Waals surface area contributed by atoms with Gasteiger partial charge in [0.1, 0.15) is 0 Å². The smallest absolute Gasteiger partial charge is 0.249 e. The van der Waals surface area contributed by atoms with Crippen LogP contribution in [0.2, 0.25) is 0 Å². The van der Waals surface area contributed by atoms with E-state index >= 15 is 0 Å². The summed E-state index contributed by atoms with van der Waals surface area (Å²) in [6, 6.07) is 3.88. The number of fused-ring (bicyclic) bond motifs is 1. The van der Waals surface area contributed by atoms with Gasteiger partial charge in [-0.3, -0.25) is 4.79 Å². The summed E-state index contributed by atoms with van der Waals surface area (Å²) >= 11 is 0. The molecule has 1 unspecified atom stereocenters. The van der Waals surface area contributed by atoms with E-state index in [1.54, 1.807) is 0 Å². The monoisotopic (exact) mass is 274 g/mol. The first kappa shape index (κ1) is 14.6. The Bertz CT molecular complexity index is 629. The van der Waals surface area contributed by atoms with E-state index in [9.17, 15) is 4.79 Å². The van der Waals surface area contributed by atoms with Crippen molar-refractivity contribution in [3.05, 3.63) is 41.2 Å². The molecule has 1 amide bonds. The molecule has 0 spiro atoms. The molecule has 0 aromatic carbocycles. The summed E-state index contributed by atoms with van der Waals surface area (Å²) in [4.78, 5) is 11.5. The van der Waals surface area contributed by atoms with Gasteiger partial charge in [-0.1, -0.05) is 13.8 Å². The van der Waals surface area contributed by atoms with Crippen LogP contribution in [0.5, 0.6) is 0 Å². The minimum absolute atomic E-state index is 0.00849. The first-order chi connectivity index (χ1) is 9.40. The molecule has 20 heavy (non-hydrogen) atoms. The molecule has 1 atom stereocenters. The number of rotatable bonds is 5. The molecular weight excluding hydrogens is 252 g/mol. The largest absolute Gasteiger partial charge is 0.373 e. The summed E-state index contributed by atoms with van der Waals surface area (Å²) < 4.78 is 7.86. The van der Waals surface area contributed by atoms with Crippen molar-refractivity contribution in [3.63, 3.8) is 0 Å². The second-order valence-electron chi connectivity index (χ2n) is 5.67. The SMILES string of the molecule is Cc1cn2ccc(C(C)OCC(C)C)c2cc1C(N)=O. The zero-order chi connectivity index (χ0) is 14.9. The number of pyridine rings is 1. The number of hydrogen-bond acceptors (Lipinski definition) is 2. The van der Waals surface area contributed by atoms with Crippen LogP contribution in [0.4, 0.5) is 0 Å². The Balaban J connectivity index is 2.39. The van der Waals surface area contributed by atoms with Crippen LogP contribution in [0.25, 0.3) is 5.52 Å². The molecule has 0 aliphatic heterocycles. The topological polar surface area (TPSA) is 56.7 Å². The molecule has 2 rings (SSSR count). The molecular formula is C16H22N2O2. The normalized spacial score (nSPS) is 13.1. The molecule has 0 saturated carbocycles. The van der Waals surface area contributed by atoms with Crippen molar-refractivity contribution in [1.82, 2.24) is 4.40 Å². The zero-order valence-corrected chi connectivity index (χ0v) is 12.5. The summed E-state index contributed by atoms with van der Waals surface area (Å²) in [7, 11) is 0. The molecule has 4 nitrogen and oxygen atoms in total. The fourth-order valence-corrected chi connectivity index (χ4v) is 2.31. The van der Waals surface area contributed by atoms with Crippen molar-refractivity contribution < 1.29 is 9.53 Å². The third-order valence-corrected chi connectivity index (χ3v) is 3.41. The van der Waals surface area contributed by atoms with Crippen LogP contribution in [0.1, 0.15) is 48.4 Å². The van der Waals surface area contributed by atoms with Gasteiger partial charge < -0.3 is 14.9 Å². The molecule has 0 radical (unpaired) electrons. The van der Waals surface area contributed by atoms with Crippen LogP contribution in [0.15, 0.2) is 24.5 Å². The van der Waals surface area contributed by atoms with Crippen LogP contribution < -0.4 is 5.73 Å². The molecule has 4 heteroatoms. The summed E-state index contributed by atoms with van der Waals surface area (Å²) in [6.45, 7) is 8.88. The molecule has 0 fully saturated rings. The van der Waals surface area contributed by atoms with Gasteiger partial charge in [0.15, 0.2) is 0 Å². The number of nitrogens with zero attached hydrogens (tertiary/aromatic N) is 1. The molecule has 108 valence electrons. The third kappa shape index (κ3) is 2.85. The van der Waals surface area contributed by atoms with E-state index in [-0.39, 0.29) is 6.10 Å². The van der Waals surface area contributed by atoms with Gasteiger partial charge >= 0.3 is 0 Å². The second-order valence-corrected chi connectivity index (χ2v) is 5.67. The number of aromatic nitrogens is 1. The number of carbonyl (C=O) groups is 1. The van der Waals surface area contributed by atoms with E-state index in [0.717, 1.165) is 16.6 Å². The van der Waals surface area contributed by atoms with E-state index in [0.29, 0.717) is 18.1 Å². The number of ether oxygens (including phenoxy) is 1. The Hall–Kier alpha value is -1.81. The molecule has 2 heterocycles.